The van der Waals surface area contributed by atoms with E-state index in [0.29, 0.717) is 0 Å². The Labute approximate surface area is 149 Å². The molecule has 0 radical (unpaired) electrons. The Hall–Kier alpha value is -0.590. The van der Waals surface area contributed by atoms with Crippen molar-refractivity contribution in [1.82, 2.24) is 9.29 Å². The number of thiazole rings is 1. The van der Waals surface area contributed by atoms with E-state index in [0.717, 1.165) is 30.7 Å². The van der Waals surface area contributed by atoms with E-state index >= 15 is 0 Å². The molecule has 130 valence electrons. The van der Waals surface area contributed by atoms with Crippen LogP contribution >= 0.6 is 24.2 Å². The second-order valence-corrected chi connectivity index (χ2v) is 9.12. The number of unbranched alkanes of at least 4 members (excludes halogenated alkanes) is 1. The van der Waals surface area contributed by atoms with E-state index in [2.05, 4.69) is 68.6 Å². The molecular formula is C17H29N3OS2. The maximum absolute atomic E-state index is 12.7. The van der Waals surface area contributed by atoms with E-state index in [1.54, 1.807) is 11.3 Å². The summed E-state index contributed by atoms with van der Waals surface area (Å²) in [5.41, 5.74) is 1.30. The Morgan fingerprint density at radius 2 is 1.87 bits per heavy atom. The Morgan fingerprint density at radius 3 is 2.39 bits per heavy atom. The van der Waals surface area contributed by atoms with E-state index < -0.39 is 0 Å². The molecule has 1 saturated carbocycles. The number of nitrogens with zero attached hydrogens (tertiary/aromatic N) is 2. The Bertz CT molecular complexity index is 641. The van der Waals surface area contributed by atoms with Crippen molar-refractivity contribution < 1.29 is 4.79 Å². The normalized spacial score (nSPS) is 20.0. The van der Waals surface area contributed by atoms with Gasteiger partial charge in [0, 0.05) is 23.7 Å². The van der Waals surface area contributed by atoms with Crippen LogP contribution < -0.4 is 9.52 Å². The third-order valence-electron chi connectivity index (χ3n) is 5.78. The Kier molecular flexibility index (Phi) is 5.48. The average molecular weight is 356 g/mol. The third kappa shape index (κ3) is 3.44. The van der Waals surface area contributed by atoms with Gasteiger partial charge < -0.3 is 4.57 Å². The summed E-state index contributed by atoms with van der Waals surface area (Å²) in [5, 5.41) is 0. The summed E-state index contributed by atoms with van der Waals surface area (Å²) in [6.07, 6.45) is 2.10. The zero-order valence-electron chi connectivity index (χ0n) is 15.1. The number of carbonyl (C=O) groups excluding carboxylic acids is 1. The summed E-state index contributed by atoms with van der Waals surface area (Å²) in [6.45, 7) is 14.6. The van der Waals surface area contributed by atoms with E-state index in [4.69, 9.17) is 0 Å². The number of rotatable bonds is 6. The smallest absolute Gasteiger partial charge is 0.252 e. The van der Waals surface area contributed by atoms with Gasteiger partial charge in [0.05, 0.1) is 5.92 Å². The molecule has 1 N–H and O–H groups in total. The summed E-state index contributed by atoms with van der Waals surface area (Å²) >= 11 is 5.64. The van der Waals surface area contributed by atoms with Crippen molar-refractivity contribution in [2.75, 3.05) is 6.54 Å². The number of hydrogen-bond acceptors (Lipinski definition) is 4. The lowest BCUT2D eigenvalue weighted by Gasteiger charge is -2.06. The summed E-state index contributed by atoms with van der Waals surface area (Å²) in [5.74, 6) is 0.0616. The molecule has 0 spiro atoms. The maximum atomic E-state index is 12.7. The van der Waals surface area contributed by atoms with Crippen LogP contribution in [0.5, 0.6) is 0 Å². The maximum Gasteiger partial charge on any atom is 0.252 e. The SMILES string of the molecule is Cc1sc(=NC(=O)C2C(C)(C)C2(C)C)n(CCCCNS)c1C. The highest BCUT2D eigenvalue weighted by molar-refractivity contribution is 7.78. The summed E-state index contributed by atoms with van der Waals surface area (Å²) in [4.78, 5) is 19.3. The van der Waals surface area contributed by atoms with Crippen molar-refractivity contribution in [3.8, 4) is 0 Å². The molecule has 1 aromatic rings. The highest BCUT2D eigenvalue weighted by atomic mass is 32.1. The van der Waals surface area contributed by atoms with Crippen molar-refractivity contribution in [2.45, 2.75) is 60.9 Å². The quantitative estimate of drug-likeness (QED) is 0.606. The first kappa shape index (κ1) is 18.7. The fraction of sp³-hybridized carbons (Fsp3) is 0.765. The Morgan fingerprint density at radius 1 is 1.26 bits per heavy atom. The fourth-order valence-corrected chi connectivity index (χ4v) is 4.56. The van der Waals surface area contributed by atoms with Gasteiger partial charge in [0.15, 0.2) is 4.80 Å². The first-order valence-corrected chi connectivity index (χ1v) is 9.53. The number of thiol groups is 1. The van der Waals surface area contributed by atoms with Crippen LogP contribution in [0.25, 0.3) is 0 Å². The van der Waals surface area contributed by atoms with Crippen molar-refractivity contribution in [3.05, 3.63) is 15.4 Å². The van der Waals surface area contributed by atoms with E-state index in [9.17, 15) is 4.79 Å². The monoisotopic (exact) mass is 355 g/mol. The first-order chi connectivity index (χ1) is 10.6. The number of aryl methyl sites for hydroxylation is 1. The van der Waals surface area contributed by atoms with Crippen molar-refractivity contribution in [3.63, 3.8) is 0 Å². The molecule has 0 aliphatic heterocycles. The molecule has 6 heteroatoms. The van der Waals surface area contributed by atoms with Crippen LogP contribution in [0.15, 0.2) is 4.99 Å². The van der Waals surface area contributed by atoms with Crippen LogP contribution in [0.4, 0.5) is 0 Å². The fourth-order valence-electron chi connectivity index (χ4n) is 3.39. The highest BCUT2D eigenvalue weighted by Gasteiger charge is 2.68. The van der Waals surface area contributed by atoms with Gasteiger partial charge in [-0.2, -0.15) is 4.99 Å². The van der Waals surface area contributed by atoms with Crippen molar-refractivity contribution >= 4 is 30.1 Å². The first-order valence-electron chi connectivity index (χ1n) is 8.27. The molecule has 1 fully saturated rings. The predicted octanol–water partition coefficient (Wildman–Crippen LogP) is 3.49. The van der Waals surface area contributed by atoms with Crippen LogP contribution in [0.3, 0.4) is 0 Å². The molecule has 1 aromatic heterocycles. The number of carbonyl (C=O) groups is 1. The zero-order chi connectivity index (χ0) is 17.4. The van der Waals surface area contributed by atoms with Crippen LogP contribution in [0.1, 0.15) is 51.1 Å². The largest absolute Gasteiger partial charge is 0.321 e. The van der Waals surface area contributed by atoms with Crippen LogP contribution in [-0.2, 0) is 11.3 Å². The standard InChI is InChI=1S/C17H29N3OS2/c1-11-12(2)23-15(20(11)10-8-7-9-18-22)19-14(21)13-16(3,4)17(13,5)6/h13,18,22H,7-10H2,1-6H3. The number of amides is 1. The number of aromatic nitrogens is 1. The molecule has 0 bridgehead atoms. The minimum Gasteiger partial charge on any atom is -0.321 e. The highest BCUT2D eigenvalue weighted by Crippen LogP contribution is 2.68. The second-order valence-electron chi connectivity index (χ2n) is 7.62. The number of nitrogens with one attached hydrogen (secondary N) is 1. The molecule has 0 aromatic carbocycles. The third-order valence-corrected chi connectivity index (χ3v) is 7.10. The molecule has 0 unspecified atom stereocenters. The second kappa shape index (κ2) is 6.73. The van der Waals surface area contributed by atoms with Gasteiger partial charge >= 0.3 is 0 Å². The van der Waals surface area contributed by atoms with Gasteiger partial charge in [0.1, 0.15) is 0 Å². The van der Waals surface area contributed by atoms with E-state index in [1.165, 1.54) is 10.6 Å². The van der Waals surface area contributed by atoms with Gasteiger partial charge in [0.25, 0.3) is 5.91 Å². The van der Waals surface area contributed by atoms with Crippen LogP contribution in [-0.4, -0.2) is 17.0 Å². The van der Waals surface area contributed by atoms with Crippen molar-refractivity contribution in [1.29, 1.82) is 0 Å². The molecule has 0 saturated heterocycles. The lowest BCUT2D eigenvalue weighted by molar-refractivity contribution is -0.120. The molecule has 1 aliphatic carbocycles. The van der Waals surface area contributed by atoms with E-state index in [1.807, 2.05) is 0 Å². The van der Waals surface area contributed by atoms with Gasteiger partial charge in [-0.1, -0.05) is 40.5 Å². The molecule has 0 atom stereocenters. The van der Waals surface area contributed by atoms with Gasteiger partial charge in [0.2, 0.25) is 0 Å². The molecule has 2 rings (SSSR count). The van der Waals surface area contributed by atoms with Crippen molar-refractivity contribution in [2.24, 2.45) is 21.7 Å². The minimum atomic E-state index is 0.0274. The predicted molar refractivity (Wildman–Crippen MR) is 99.6 cm³/mol. The summed E-state index contributed by atoms with van der Waals surface area (Å²) < 4.78 is 5.07. The summed E-state index contributed by atoms with van der Waals surface area (Å²) in [6, 6.07) is 0. The molecule has 4 nitrogen and oxygen atoms in total. The Balaban J connectivity index is 2.22. The molecule has 1 heterocycles. The van der Waals surface area contributed by atoms with Crippen LogP contribution in [0.2, 0.25) is 0 Å². The van der Waals surface area contributed by atoms with Gasteiger partial charge in [-0.25, -0.2) is 0 Å². The minimum absolute atomic E-state index is 0.0274. The van der Waals surface area contributed by atoms with Gasteiger partial charge in [-0.15, -0.1) is 11.3 Å². The average Bonchev–Trinajstić information content (AvgIpc) is 2.71. The van der Waals surface area contributed by atoms with Gasteiger partial charge in [-0.05, 0) is 37.5 Å². The lowest BCUT2D eigenvalue weighted by Crippen LogP contribution is -2.20. The topological polar surface area (TPSA) is 46.4 Å². The van der Waals surface area contributed by atoms with Gasteiger partial charge in [-0.3, -0.25) is 9.52 Å². The molecule has 23 heavy (non-hydrogen) atoms. The number of hydrogen-bond donors (Lipinski definition) is 2. The molecular weight excluding hydrogens is 326 g/mol. The van der Waals surface area contributed by atoms with E-state index in [-0.39, 0.29) is 22.7 Å². The molecule has 1 aliphatic rings. The van der Waals surface area contributed by atoms with Crippen LogP contribution in [0, 0.1) is 30.6 Å². The zero-order valence-corrected chi connectivity index (χ0v) is 16.8. The molecule has 1 amide bonds. The lowest BCUT2D eigenvalue weighted by atomic mass is 10.0. The summed E-state index contributed by atoms with van der Waals surface area (Å²) in [7, 11) is 0.